The Hall–Kier alpha value is -2.79. The van der Waals surface area contributed by atoms with Crippen molar-refractivity contribution in [2.75, 3.05) is 5.32 Å². The number of rotatable bonds is 4. The fourth-order valence-corrected chi connectivity index (χ4v) is 3.28. The molecule has 6 heteroatoms. The Morgan fingerprint density at radius 2 is 2.16 bits per heavy atom. The molecule has 1 N–H and O–H groups in total. The number of anilines is 1. The zero-order chi connectivity index (χ0) is 17.4. The molecule has 1 aliphatic heterocycles. The van der Waals surface area contributed by atoms with E-state index in [1.807, 2.05) is 37.3 Å². The van der Waals surface area contributed by atoms with Crippen LogP contribution in [0.25, 0.3) is 0 Å². The van der Waals surface area contributed by atoms with E-state index in [4.69, 9.17) is 16.0 Å². The van der Waals surface area contributed by atoms with Gasteiger partial charge in [-0.2, -0.15) is 0 Å². The summed E-state index contributed by atoms with van der Waals surface area (Å²) in [4.78, 5) is 19.0. The molecular weight excluding hydrogens is 338 g/mol. The number of aryl methyl sites for hydroxylation is 1. The van der Waals surface area contributed by atoms with Gasteiger partial charge >= 0.3 is 0 Å². The number of halogens is 1. The Morgan fingerprint density at radius 1 is 1.28 bits per heavy atom. The predicted molar refractivity (Wildman–Crippen MR) is 95.4 cm³/mol. The molecule has 0 fully saturated rings. The molecule has 3 aromatic rings. The minimum Gasteiger partial charge on any atom is -0.467 e. The van der Waals surface area contributed by atoms with Crippen molar-refractivity contribution in [2.45, 2.75) is 19.6 Å². The molecule has 1 aromatic carbocycles. The van der Waals surface area contributed by atoms with Gasteiger partial charge in [0, 0.05) is 16.9 Å². The van der Waals surface area contributed by atoms with Crippen molar-refractivity contribution in [1.82, 2.24) is 9.88 Å². The molecule has 5 nitrogen and oxygen atoms in total. The van der Waals surface area contributed by atoms with Crippen LogP contribution in [0, 0.1) is 6.92 Å². The van der Waals surface area contributed by atoms with Gasteiger partial charge in [0.05, 0.1) is 24.1 Å². The number of amides is 1. The highest BCUT2D eigenvalue weighted by Gasteiger charge is 2.38. The van der Waals surface area contributed by atoms with E-state index >= 15 is 0 Å². The second-order valence-corrected chi connectivity index (χ2v) is 6.39. The van der Waals surface area contributed by atoms with Crippen molar-refractivity contribution in [3.63, 3.8) is 0 Å². The van der Waals surface area contributed by atoms with Crippen LogP contribution in [0.2, 0.25) is 5.02 Å². The monoisotopic (exact) mass is 353 g/mol. The number of furan rings is 1. The Kier molecular flexibility index (Phi) is 3.93. The normalized spacial score (nSPS) is 16.2. The van der Waals surface area contributed by atoms with E-state index in [-0.39, 0.29) is 12.1 Å². The second kappa shape index (κ2) is 6.26. The van der Waals surface area contributed by atoms with Gasteiger partial charge < -0.3 is 14.6 Å². The molecule has 0 bridgehead atoms. The first kappa shape index (κ1) is 15.7. The molecule has 0 saturated heterocycles. The summed E-state index contributed by atoms with van der Waals surface area (Å²) in [7, 11) is 0. The summed E-state index contributed by atoms with van der Waals surface area (Å²) in [6.45, 7) is 2.34. The summed E-state index contributed by atoms with van der Waals surface area (Å²) >= 11 is 6.04. The maximum absolute atomic E-state index is 12.8. The lowest BCUT2D eigenvalue weighted by Crippen LogP contribution is -2.32. The summed E-state index contributed by atoms with van der Waals surface area (Å²) in [5, 5.41) is 4.11. The summed E-state index contributed by atoms with van der Waals surface area (Å²) in [5.41, 5.74) is 3.24. The lowest BCUT2D eigenvalue weighted by Gasteiger charge is -2.26. The number of nitrogens with zero attached hydrogens (tertiary/aromatic N) is 2. The second-order valence-electron chi connectivity index (χ2n) is 5.95. The third-order valence-corrected chi connectivity index (χ3v) is 4.52. The molecule has 1 amide bonds. The number of hydrogen-bond donors (Lipinski definition) is 1. The number of carbonyl (C=O) groups is 1. The fourth-order valence-electron chi connectivity index (χ4n) is 3.05. The van der Waals surface area contributed by atoms with Crippen molar-refractivity contribution in [3.8, 4) is 0 Å². The van der Waals surface area contributed by atoms with Crippen molar-refractivity contribution in [1.29, 1.82) is 0 Å². The maximum Gasteiger partial charge on any atom is 0.258 e. The summed E-state index contributed by atoms with van der Waals surface area (Å²) in [5.74, 6) is 0.657. The van der Waals surface area contributed by atoms with E-state index in [1.54, 1.807) is 29.5 Å². The Balaban J connectivity index is 1.71. The molecule has 126 valence electrons. The van der Waals surface area contributed by atoms with Crippen LogP contribution in [0.15, 0.2) is 59.3 Å². The molecular formula is C19H16ClN3O2. The van der Waals surface area contributed by atoms with Gasteiger partial charge in [-0.3, -0.25) is 9.78 Å². The molecule has 1 unspecified atom stereocenters. The Labute approximate surface area is 150 Å². The van der Waals surface area contributed by atoms with Gasteiger partial charge in [-0.15, -0.1) is 0 Å². The van der Waals surface area contributed by atoms with Gasteiger partial charge in [0.2, 0.25) is 0 Å². The average molecular weight is 354 g/mol. The van der Waals surface area contributed by atoms with Crippen LogP contribution >= 0.6 is 11.6 Å². The highest BCUT2D eigenvalue weighted by Crippen LogP contribution is 2.35. The number of nitrogens with one attached hydrogen (secondary N) is 1. The smallest absolute Gasteiger partial charge is 0.258 e. The van der Waals surface area contributed by atoms with E-state index in [0.717, 1.165) is 17.0 Å². The molecule has 0 radical (unpaired) electrons. The fraction of sp³-hybridized carbons (Fsp3) is 0.158. The molecule has 1 atom stereocenters. The molecule has 0 aliphatic carbocycles. The van der Waals surface area contributed by atoms with Crippen molar-refractivity contribution in [2.24, 2.45) is 0 Å². The number of pyridine rings is 1. The van der Waals surface area contributed by atoms with E-state index < -0.39 is 0 Å². The standard InChI is InChI=1S/C19H16ClN3O2/c1-12-10-13(20)6-7-16(12)22-18-17-15(5-2-8-21-17)19(24)23(18)11-14-4-3-9-25-14/h2-10,18,22H,11H2,1H3. The van der Waals surface area contributed by atoms with Gasteiger partial charge in [0.25, 0.3) is 5.91 Å². The van der Waals surface area contributed by atoms with Gasteiger partial charge in [0.1, 0.15) is 11.9 Å². The Morgan fingerprint density at radius 3 is 2.92 bits per heavy atom. The number of hydrogen-bond acceptors (Lipinski definition) is 4. The minimum atomic E-state index is -0.367. The average Bonchev–Trinajstić information content (AvgIpc) is 3.20. The SMILES string of the molecule is Cc1cc(Cl)ccc1NC1c2ncccc2C(=O)N1Cc1ccco1. The minimum absolute atomic E-state index is 0.0661. The predicted octanol–water partition coefficient (Wildman–Crippen LogP) is 4.40. The van der Waals surface area contributed by atoms with Crippen LogP contribution in [-0.4, -0.2) is 15.8 Å². The van der Waals surface area contributed by atoms with Crippen LogP contribution in [0.3, 0.4) is 0 Å². The first-order valence-electron chi connectivity index (χ1n) is 7.94. The topological polar surface area (TPSA) is 58.4 Å². The van der Waals surface area contributed by atoms with Gasteiger partial charge in [-0.05, 0) is 55.0 Å². The lowest BCUT2D eigenvalue weighted by molar-refractivity contribution is 0.0714. The lowest BCUT2D eigenvalue weighted by atomic mass is 10.1. The Bertz CT molecular complexity index is 924. The van der Waals surface area contributed by atoms with Crippen LogP contribution in [-0.2, 0) is 6.54 Å². The van der Waals surface area contributed by atoms with Crippen LogP contribution < -0.4 is 5.32 Å². The zero-order valence-electron chi connectivity index (χ0n) is 13.6. The highest BCUT2D eigenvalue weighted by molar-refractivity contribution is 6.30. The van der Waals surface area contributed by atoms with Crippen LogP contribution in [0.4, 0.5) is 5.69 Å². The molecule has 1 aliphatic rings. The molecule has 0 spiro atoms. The maximum atomic E-state index is 12.8. The van der Waals surface area contributed by atoms with Crippen molar-refractivity contribution in [3.05, 3.63) is 82.5 Å². The van der Waals surface area contributed by atoms with Crippen LogP contribution in [0.5, 0.6) is 0 Å². The third-order valence-electron chi connectivity index (χ3n) is 4.29. The summed E-state index contributed by atoms with van der Waals surface area (Å²) in [6, 6.07) is 12.9. The molecule has 2 aromatic heterocycles. The van der Waals surface area contributed by atoms with Gasteiger partial charge in [-0.1, -0.05) is 11.6 Å². The molecule has 0 saturated carbocycles. The van der Waals surface area contributed by atoms with Crippen molar-refractivity contribution < 1.29 is 9.21 Å². The first-order chi connectivity index (χ1) is 12.1. The number of benzene rings is 1. The van der Waals surface area contributed by atoms with Crippen molar-refractivity contribution >= 4 is 23.2 Å². The highest BCUT2D eigenvalue weighted by atomic mass is 35.5. The van der Waals surface area contributed by atoms with Gasteiger partial charge in [-0.25, -0.2) is 0 Å². The van der Waals surface area contributed by atoms with E-state index in [0.29, 0.717) is 22.8 Å². The van der Waals surface area contributed by atoms with E-state index in [9.17, 15) is 4.79 Å². The third kappa shape index (κ3) is 2.87. The first-order valence-corrected chi connectivity index (χ1v) is 8.32. The van der Waals surface area contributed by atoms with Gasteiger partial charge in [0.15, 0.2) is 0 Å². The van der Waals surface area contributed by atoms with Crippen LogP contribution in [0.1, 0.15) is 33.5 Å². The zero-order valence-corrected chi connectivity index (χ0v) is 14.3. The van der Waals surface area contributed by atoms with E-state index in [2.05, 4.69) is 10.3 Å². The number of fused-ring (bicyclic) bond motifs is 1. The largest absolute Gasteiger partial charge is 0.467 e. The molecule has 25 heavy (non-hydrogen) atoms. The summed E-state index contributed by atoms with van der Waals surface area (Å²) < 4.78 is 5.42. The number of carbonyl (C=O) groups excluding carboxylic acids is 1. The van der Waals surface area contributed by atoms with E-state index in [1.165, 1.54) is 0 Å². The summed E-state index contributed by atoms with van der Waals surface area (Å²) in [6.07, 6.45) is 2.94. The molecule has 4 rings (SSSR count). The number of aromatic nitrogens is 1. The quantitative estimate of drug-likeness (QED) is 0.755. The molecule has 3 heterocycles.